The molecule has 0 fully saturated rings. The number of hydrogen-bond donors (Lipinski definition) is 2. The molecule has 5 heteroatoms. The van der Waals surface area contributed by atoms with Crippen LogP contribution in [0, 0.1) is 0 Å². The Morgan fingerprint density at radius 3 is 2.53 bits per heavy atom. The van der Waals surface area contributed by atoms with Crippen molar-refractivity contribution in [2.75, 3.05) is 5.32 Å². The van der Waals surface area contributed by atoms with Gasteiger partial charge in [-0.1, -0.05) is 35.9 Å². The fraction of sp³-hybridized carbons (Fsp3) is 0.167. The minimum Gasteiger partial charge on any atom is -0.392 e. The number of rotatable bonds is 4. The number of aliphatic hydroxyl groups is 1. The molecule has 4 nitrogen and oxygen atoms in total. The van der Waals surface area contributed by atoms with Gasteiger partial charge in [-0.15, -0.1) is 0 Å². The molecule has 0 atom stereocenters. The first-order valence-corrected chi connectivity index (χ1v) is 5.55. The lowest BCUT2D eigenvalue weighted by Crippen LogP contribution is -2.02. The van der Waals surface area contributed by atoms with Gasteiger partial charge in [0.25, 0.3) is 0 Å². The summed E-state index contributed by atoms with van der Waals surface area (Å²) >= 11 is 5.92. The van der Waals surface area contributed by atoms with Crippen molar-refractivity contribution < 1.29 is 5.11 Å². The molecule has 0 aliphatic carbocycles. The van der Waals surface area contributed by atoms with Crippen molar-refractivity contribution >= 4 is 17.4 Å². The molecule has 0 spiro atoms. The molecule has 0 unspecified atom stereocenters. The van der Waals surface area contributed by atoms with E-state index < -0.39 is 0 Å². The minimum absolute atomic E-state index is 0.0610. The average molecular weight is 250 g/mol. The molecule has 2 aromatic rings. The van der Waals surface area contributed by atoms with Gasteiger partial charge in [0, 0.05) is 6.54 Å². The molecule has 2 N–H and O–H groups in total. The molecule has 1 aromatic carbocycles. The summed E-state index contributed by atoms with van der Waals surface area (Å²) in [6.45, 7) is 0.688. The van der Waals surface area contributed by atoms with E-state index in [0.29, 0.717) is 17.4 Å². The van der Waals surface area contributed by atoms with E-state index in [2.05, 4.69) is 15.3 Å². The number of aliphatic hydroxyl groups excluding tert-OH is 1. The van der Waals surface area contributed by atoms with Crippen LogP contribution in [0.3, 0.4) is 0 Å². The molecular weight excluding hydrogens is 238 g/mol. The Morgan fingerprint density at radius 1 is 1.18 bits per heavy atom. The van der Waals surface area contributed by atoms with Crippen LogP contribution in [0.25, 0.3) is 0 Å². The van der Waals surface area contributed by atoms with E-state index >= 15 is 0 Å². The number of nitrogens with zero attached hydrogens (tertiary/aromatic N) is 2. The van der Waals surface area contributed by atoms with E-state index in [4.69, 9.17) is 16.7 Å². The fourth-order valence-electron chi connectivity index (χ4n) is 1.39. The van der Waals surface area contributed by atoms with Gasteiger partial charge in [0.05, 0.1) is 12.8 Å². The zero-order chi connectivity index (χ0) is 12.1. The number of benzene rings is 1. The number of nitrogens with one attached hydrogen (secondary N) is 1. The summed E-state index contributed by atoms with van der Waals surface area (Å²) in [7, 11) is 0. The van der Waals surface area contributed by atoms with Crippen LogP contribution in [0.5, 0.6) is 0 Å². The van der Waals surface area contributed by atoms with Crippen LogP contribution >= 0.6 is 11.6 Å². The highest BCUT2D eigenvalue weighted by Gasteiger charge is 2.00. The highest BCUT2D eigenvalue weighted by atomic mass is 35.5. The third-order valence-electron chi connectivity index (χ3n) is 2.33. The van der Waals surface area contributed by atoms with Crippen LogP contribution in [0.15, 0.2) is 36.8 Å². The molecule has 1 aromatic heterocycles. The zero-order valence-electron chi connectivity index (χ0n) is 9.10. The highest BCUT2D eigenvalue weighted by Crippen LogP contribution is 2.17. The van der Waals surface area contributed by atoms with Crippen LogP contribution in [0.4, 0.5) is 5.82 Å². The first kappa shape index (κ1) is 11.8. The highest BCUT2D eigenvalue weighted by molar-refractivity contribution is 6.32. The monoisotopic (exact) mass is 249 g/mol. The van der Waals surface area contributed by atoms with Crippen molar-refractivity contribution in [2.45, 2.75) is 13.2 Å². The van der Waals surface area contributed by atoms with Crippen LogP contribution in [0.2, 0.25) is 5.02 Å². The first-order chi connectivity index (χ1) is 8.29. The predicted molar refractivity (Wildman–Crippen MR) is 66.7 cm³/mol. The van der Waals surface area contributed by atoms with Crippen molar-refractivity contribution in [1.29, 1.82) is 0 Å². The maximum absolute atomic E-state index is 8.92. The van der Waals surface area contributed by atoms with Gasteiger partial charge < -0.3 is 10.4 Å². The Morgan fingerprint density at radius 2 is 1.88 bits per heavy atom. The van der Waals surface area contributed by atoms with Crippen molar-refractivity contribution in [3.63, 3.8) is 0 Å². The normalized spacial score (nSPS) is 10.2. The fourth-order valence-corrected chi connectivity index (χ4v) is 1.56. The largest absolute Gasteiger partial charge is 0.392 e. The van der Waals surface area contributed by atoms with E-state index in [-0.39, 0.29) is 6.61 Å². The molecule has 0 saturated carbocycles. The lowest BCUT2D eigenvalue weighted by atomic mass is 10.1. The summed E-state index contributed by atoms with van der Waals surface area (Å²) in [4.78, 5) is 7.84. The number of aromatic nitrogens is 2. The SMILES string of the molecule is OCc1ccc(CNc2ncncc2Cl)cc1. The molecule has 0 aliphatic rings. The lowest BCUT2D eigenvalue weighted by Gasteiger charge is -2.07. The van der Waals surface area contributed by atoms with Gasteiger partial charge >= 0.3 is 0 Å². The molecule has 0 radical (unpaired) electrons. The smallest absolute Gasteiger partial charge is 0.148 e. The predicted octanol–water partition coefficient (Wildman–Crippen LogP) is 2.23. The van der Waals surface area contributed by atoms with Crippen molar-refractivity contribution in [1.82, 2.24) is 9.97 Å². The topological polar surface area (TPSA) is 58.0 Å². The molecule has 2 rings (SSSR count). The number of halogens is 1. The van der Waals surface area contributed by atoms with Gasteiger partial charge in [-0.3, -0.25) is 0 Å². The number of hydrogen-bond acceptors (Lipinski definition) is 4. The van der Waals surface area contributed by atoms with Crippen molar-refractivity contribution in [3.8, 4) is 0 Å². The maximum Gasteiger partial charge on any atom is 0.148 e. The summed E-state index contributed by atoms with van der Waals surface area (Å²) in [6, 6.07) is 7.68. The third-order valence-corrected chi connectivity index (χ3v) is 2.61. The molecular formula is C12H12ClN3O. The van der Waals surface area contributed by atoms with Gasteiger partial charge in [0.1, 0.15) is 17.2 Å². The minimum atomic E-state index is 0.0610. The Labute approximate surface area is 104 Å². The van der Waals surface area contributed by atoms with Crippen LogP contribution < -0.4 is 5.32 Å². The van der Waals surface area contributed by atoms with E-state index in [9.17, 15) is 0 Å². The molecule has 0 bridgehead atoms. The van der Waals surface area contributed by atoms with E-state index in [0.717, 1.165) is 11.1 Å². The molecule has 88 valence electrons. The summed E-state index contributed by atoms with van der Waals surface area (Å²) in [5.74, 6) is 0.618. The van der Waals surface area contributed by atoms with Gasteiger partial charge in [0.2, 0.25) is 0 Å². The Hall–Kier alpha value is -1.65. The molecule has 0 aliphatic heterocycles. The van der Waals surface area contributed by atoms with Gasteiger partial charge in [0.15, 0.2) is 0 Å². The Bertz CT molecular complexity index is 487. The van der Waals surface area contributed by atoms with Crippen LogP contribution in [0.1, 0.15) is 11.1 Å². The molecule has 0 saturated heterocycles. The second-order valence-corrected chi connectivity index (χ2v) is 3.95. The molecule has 17 heavy (non-hydrogen) atoms. The second-order valence-electron chi connectivity index (χ2n) is 3.55. The van der Waals surface area contributed by atoms with E-state index in [1.807, 2.05) is 24.3 Å². The summed E-state index contributed by atoms with van der Waals surface area (Å²) in [5, 5.41) is 12.5. The Kier molecular flexibility index (Phi) is 3.90. The maximum atomic E-state index is 8.92. The van der Waals surface area contributed by atoms with Crippen molar-refractivity contribution in [2.24, 2.45) is 0 Å². The zero-order valence-corrected chi connectivity index (χ0v) is 9.85. The first-order valence-electron chi connectivity index (χ1n) is 5.17. The van der Waals surface area contributed by atoms with Gasteiger partial charge in [-0.05, 0) is 11.1 Å². The average Bonchev–Trinajstić information content (AvgIpc) is 2.38. The van der Waals surface area contributed by atoms with Crippen LogP contribution in [-0.2, 0) is 13.2 Å². The second kappa shape index (κ2) is 5.61. The lowest BCUT2D eigenvalue weighted by molar-refractivity contribution is 0.282. The molecule has 1 heterocycles. The third kappa shape index (κ3) is 3.15. The van der Waals surface area contributed by atoms with Crippen molar-refractivity contribution in [3.05, 3.63) is 52.9 Å². The van der Waals surface area contributed by atoms with E-state index in [1.54, 1.807) is 6.20 Å². The number of anilines is 1. The summed E-state index contributed by atoms with van der Waals surface area (Å²) in [6.07, 6.45) is 2.99. The van der Waals surface area contributed by atoms with Gasteiger partial charge in [-0.25, -0.2) is 9.97 Å². The summed E-state index contributed by atoms with van der Waals surface area (Å²) < 4.78 is 0. The Balaban J connectivity index is 2.00. The van der Waals surface area contributed by atoms with Gasteiger partial charge in [-0.2, -0.15) is 0 Å². The summed E-state index contributed by atoms with van der Waals surface area (Å²) in [5.41, 5.74) is 1.99. The van der Waals surface area contributed by atoms with E-state index in [1.165, 1.54) is 6.33 Å². The molecule has 0 amide bonds. The quantitative estimate of drug-likeness (QED) is 0.873. The standard InChI is InChI=1S/C12H12ClN3O/c13-11-6-14-8-16-12(11)15-5-9-1-3-10(7-17)4-2-9/h1-4,6,8,17H,5,7H2,(H,14,15,16). The van der Waals surface area contributed by atoms with Crippen LogP contribution in [-0.4, -0.2) is 15.1 Å².